The second-order valence-electron chi connectivity index (χ2n) is 6.86. The molecular weight excluding hydrogens is 268 g/mol. The van der Waals surface area contributed by atoms with Crippen molar-refractivity contribution in [3.8, 4) is 0 Å². The molecule has 3 fully saturated rings. The predicted octanol–water partition coefficient (Wildman–Crippen LogP) is 1.18. The summed E-state index contributed by atoms with van der Waals surface area (Å²) in [6.07, 6.45) is 5.30. The Morgan fingerprint density at radius 2 is 2.10 bits per heavy atom. The lowest BCUT2D eigenvalue weighted by atomic mass is 10.00. The molecule has 0 aromatic carbocycles. The van der Waals surface area contributed by atoms with Crippen LogP contribution in [0, 0.1) is 17.8 Å². The van der Waals surface area contributed by atoms with E-state index in [4.69, 9.17) is 4.74 Å². The van der Waals surface area contributed by atoms with Crippen LogP contribution >= 0.6 is 0 Å². The molecule has 0 aromatic heterocycles. The molecule has 118 valence electrons. The summed E-state index contributed by atoms with van der Waals surface area (Å²) in [4.78, 5) is 26.5. The van der Waals surface area contributed by atoms with Gasteiger partial charge in [-0.3, -0.25) is 9.59 Å². The molecule has 1 aliphatic carbocycles. The van der Waals surface area contributed by atoms with Crippen LogP contribution < -0.4 is 5.32 Å². The van der Waals surface area contributed by atoms with Gasteiger partial charge in [0.2, 0.25) is 11.8 Å². The Morgan fingerprint density at radius 1 is 1.24 bits per heavy atom. The van der Waals surface area contributed by atoms with Crippen molar-refractivity contribution >= 4 is 11.8 Å². The lowest BCUT2D eigenvalue weighted by Gasteiger charge is -2.31. The van der Waals surface area contributed by atoms with E-state index in [-0.39, 0.29) is 29.8 Å². The maximum atomic E-state index is 12.4. The second-order valence-corrected chi connectivity index (χ2v) is 6.86. The van der Waals surface area contributed by atoms with Crippen LogP contribution in [0.4, 0.5) is 0 Å². The van der Waals surface area contributed by atoms with Crippen LogP contribution in [-0.2, 0) is 14.3 Å². The molecule has 1 N–H and O–H groups in total. The van der Waals surface area contributed by atoms with E-state index in [9.17, 15) is 9.59 Å². The number of carbonyl (C=O) groups excluding carboxylic acids is 2. The number of hydrogen-bond donors (Lipinski definition) is 1. The number of carbonyl (C=O) groups is 2. The number of piperidine rings is 1. The lowest BCUT2D eigenvalue weighted by molar-refractivity contribution is -0.136. The van der Waals surface area contributed by atoms with E-state index in [0.717, 1.165) is 45.4 Å². The van der Waals surface area contributed by atoms with Crippen molar-refractivity contribution < 1.29 is 14.3 Å². The van der Waals surface area contributed by atoms with Gasteiger partial charge in [-0.25, -0.2) is 0 Å². The van der Waals surface area contributed by atoms with Crippen LogP contribution in [0.5, 0.6) is 0 Å². The van der Waals surface area contributed by atoms with Crippen molar-refractivity contribution in [3.05, 3.63) is 0 Å². The van der Waals surface area contributed by atoms with Gasteiger partial charge in [0.1, 0.15) is 0 Å². The topological polar surface area (TPSA) is 58.6 Å². The first-order valence-corrected chi connectivity index (χ1v) is 8.33. The van der Waals surface area contributed by atoms with Gasteiger partial charge in [0.15, 0.2) is 0 Å². The fourth-order valence-electron chi connectivity index (χ4n) is 3.53. The van der Waals surface area contributed by atoms with Crippen LogP contribution in [-0.4, -0.2) is 49.1 Å². The van der Waals surface area contributed by atoms with Crippen molar-refractivity contribution in [1.82, 2.24) is 10.2 Å². The number of rotatable bonds is 4. The normalized spacial score (nSPS) is 35.6. The Balaban J connectivity index is 1.42. The Bertz CT molecular complexity index is 406. The first kappa shape index (κ1) is 14.8. The first-order valence-electron chi connectivity index (χ1n) is 8.33. The van der Waals surface area contributed by atoms with E-state index in [1.807, 2.05) is 4.90 Å². The van der Waals surface area contributed by atoms with Gasteiger partial charge in [0.25, 0.3) is 0 Å². The van der Waals surface area contributed by atoms with Crippen molar-refractivity contribution in [2.24, 2.45) is 17.8 Å². The summed E-state index contributed by atoms with van der Waals surface area (Å²) >= 11 is 0. The van der Waals surface area contributed by atoms with Crippen LogP contribution in [0.15, 0.2) is 0 Å². The van der Waals surface area contributed by atoms with E-state index >= 15 is 0 Å². The fraction of sp³-hybridized carbons (Fsp3) is 0.875. The largest absolute Gasteiger partial charge is 0.376 e. The van der Waals surface area contributed by atoms with E-state index in [2.05, 4.69) is 12.2 Å². The lowest BCUT2D eigenvalue weighted by Crippen LogP contribution is -2.41. The van der Waals surface area contributed by atoms with E-state index in [0.29, 0.717) is 12.5 Å². The first-order chi connectivity index (χ1) is 10.1. The molecule has 0 radical (unpaired) electrons. The van der Waals surface area contributed by atoms with Gasteiger partial charge in [0.05, 0.1) is 17.9 Å². The highest BCUT2D eigenvalue weighted by atomic mass is 16.5. The van der Waals surface area contributed by atoms with E-state index in [1.165, 1.54) is 6.42 Å². The SMILES string of the molecule is CC1CCCN(C(=O)C2CC2C(=O)NCC2CCCO2)C1. The molecule has 2 heterocycles. The maximum absolute atomic E-state index is 12.4. The molecule has 0 aromatic rings. The Morgan fingerprint density at radius 3 is 2.81 bits per heavy atom. The third-order valence-corrected chi connectivity index (χ3v) is 4.94. The molecule has 2 aliphatic heterocycles. The monoisotopic (exact) mass is 294 g/mol. The summed E-state index contributed by atoms with van der Waals surface area (Å²) in [5, 5.41) is 2.95. The van der Waals surface area contributed by atoms with Gasteiger partial charge in [-0.1, -0.05) is 6.92 Å². The number of hydrogen-bond acceptors (Lipinski definition) is 3. The van der Waals surface area contributed by atoms with Gasteiger partial charge in [0, 0.05) is 26.2 Å². The quantitative estimate of drug-likeness (QED) is 0.847. The Labute approximate surface area is 126 Å². The molecule has 4 unspecified atom stereocenters. The zero-order chi connectivity index (χ0) is 14.8. The molecule has 4 atom stereocenters. The number of amides is 2. The van der Waals surface area contributed by atoms with Crippen LogP contribution in [0.25, 0.3) is 0 Å². The summed E-state index contributed by atoms with van der Waals surface area (Å²) in [5.41, 5.74) is 0. The fourth-order valence-corrected chi connectivity index (χ4v) is 3.53. The summed E-state index contributed by atoms with van der Waals surface area (Å²) in [6, 6.07) is 0. The van der Waals surface area contributed by atoms with Crippen LogP contribution in [0.2, 0.25) is 0 Å². The van der Waals surface area contributed by atoms with Gasteiger partial charge < -0.3 is 15.0 Å². The molecule has 3 aliphatic rings. The van der Waals surface area contributed by atoms with Crippen molar-refractivity contribution in [2.45, 2.75) is 45.1 Å². The number of ether oxygens (including phenoxy) is 1. The Hall–Kier alpha value is -1.10. The minimum atomic E-state index is -0.101. The molecule has 21 heavy (non-hydrogen) atoms. The number of likely N-dealkylation sites (tertiary alicyclic amines) is 1. The molecule has 3 rings (SSSR count). The average molecular weight is 294 g/mol. The van der Waals surface area contributed by atoms with Crippen LogP contribution in [0.3, 0.4) is 0 Å². The van der Waals surface area contributed by atoms with Crippen molar-refractivity contribution in [2.75, 3.05) is 26.2 Å². The number of nitrogens with one attached hydrogen (secondary N) is 1. The van der Waals surface area contributed by atoms with E-state index < -0.39 is 0 Å². The molecule has 5 heteroatoms. The molecule has 5 nitrogen and oxygen atoms in total. The zero-order valence-corrected chi connectivity index (χ0v) is 12.8. The van der Waals surface area contributed by atoms with Gasteiger partial charge in [-0.15, -0.1) is 0 Å². The average Bonchev–Trinajstić information content (AvgIpc) is 3.11. The number of nitrogens with zero attached hydrogens (tertiary/aromatic N) is 1. The summed E-state index contributed by atoms with van der Waals surface area (Å²) in [7, 11) is 0. The summed E-state index contributed by atoms with van der Waals surface area (Å²) in [6.45, 7) is 5.32. The molecule has 0 bridgehead atoms. The predicted molar refractivity (Wildman–Crippen MR) is 78.6 cm³/mol. The third-order valence-electron chi connectivity index (χ3n) is 4.94. The van der Waals surface area contributed by atoms with Crippen molar-refractivity contribution in [3.63, 3.8) is 0 Å². The van der Waals surface area contributed by atoms with Crippen molar-refractivity contribution in [1.29, 1.82) is 0 Å². The third kappa shape index (κ3) is 3.57. The molecule has 1 saturated carbocycles. The van der Waals surface area contributed by atoms with Gasteiger partial charge in [-0.2, -0.15) is 0 Å². The minimum absolute atomic E-state index is 0.0360. The highest BCUT2D eigenvalue weighted by molar-refractivity contribution is 5.92. The summed E-state index contributed by atoms with van der Waals surface area (Å²) < 4.78 is 5.49. The zero-order valence-electron chi connectivity index (χ0n) is 12.8. The molecule has 2 amide bonds. The minimum Gasteiger partial charge on any atom is -0.376 e. The highest BCUT2D eigenvalue weighted by Crippen LogP contribution is 2.40. The summed E-state index contributed by atoms with van der Waals surface area (Å²) in [5.74, 6) is 0.650. The van der Waals surface area contributed by atoms with Gasteiger partial charge >= 0.3 is 0 Å². The smallest absolute Gasteiger partial charge is 0.226 e. The van der Waals surface area contributed by atoms with Gasteiger partial charge in [-0.05, 0) is 38.0 Å². The maximum Gasteiger partial charge on any atom is 0.226 e. The highest BCUT2D eigenvalue weighted by Gasteiger charge is 2.49. The standard InChI is InChI=1S/C16H26N2O3/c1-11-4-2-6-18(10-11)16(20)14-8-13(14)15(19)17-9-12-5-3-7-21-12/h11-14H,2-10H2,1H3,(H,17,19). The molecule has 0 spiro atoms. The molecule has 2 saturated heterocycles. The second kappa shape index (κ2) is 6.34. The van der Waals surface area contributed by atoms with E-state index in [1.54, 1.807) is 0 Å². The molecular formula is C16H26N2O3. The van der Waals surface area contributed by atoms with Crippen LogP contribution in [0.1, 0.15) is 39.0 Å². The Kier molecular flexibility index (Phi) is 4.48.